The molecule has 4 aromatic rings. The summed E-state index contributed by atoms with van der Waals surface area (Å²) in [5.41, 5.74) is 5.41. The van der Waals surface area contributed by atoms with E-state index in [1.807, 2.05) is 0 Å². The maximum absolute atomic E-state index is 12.7. The van der Waals surface area contributed by atoms with Crippen LogP contribution in [0.5, 0.6) is 0 Å². The Bertz CT molecular complexity index is 1340. The molecular weight excluding hydrogens is 420 g/mol. The number of hydrazine groups is 1. The molecule has 0 atom stereocenters. The van der Waals surface area contributed by atoms with Crippen LogP contribution in [0.15, 0.2) is 65.7 Å². The van der Waals surface area contributed by atoms with Crippen LogP contribution in [0.3, 0.4) is 0 Å². The molecule has 2 amide bonds. The summed E-state index contributed by atoms with van der Waals surface area (Å²) in [6.07, 6.45) is 2.90. The van der Waals surface area contributed by atoms with Crippen LogP contribution in [-0.2, 0) is 6.54 Å². The number of hydrogen-bond acceptors (Lipinski definition) is 5. The van der Waals surface area contributed by atoms with Crippen LogP contribution < -0.4 is 16.4 Å². The Labute approximate surface area is 181 Å². The summed E-state index contributed by atoms with van der Waals surface area (Å²) in [5, 5.41) is 9.65. The number of aryl methyl sites for hydroxylation is 1. The average molecular weight is 437 g/mol. The van der Waals surface area contributed by atoms with Crippen LogP contribution in [0.4, 0.5) is 0 Å². The summed E-state index contributed by atoms with van der Waals surface area (Å²) in [5.74, 6) is -1.20. The Morgan fingerprint density at radius 2 is 1.68 bits per heavy atom. The van der Waals surface area contributed by atoms with Gasteiger partial charge in [0.05, 0.1) is 22.8 Å². The minimum atomic E-state index is -0.642. The fourth-order valence-electron chi connectivity index (χ4n) is 3.04. The Hall–Kier alpha value is -3.98. The smallest absolute Gasteiger partial charge is 0.267 e. The first-order valence-electron chi connectivity index (χ1n) is 9.39. The number of nitrogens with zero attached hydrogens (tertiary/aromatic N) is 4. The van der Waals surface area contributed by atoms with Gasteiger partial charge in [0.15, 0.2) is 5.69 Å². The number of fused-ring (bicyclic) bond motifs is 1. The molecule has 2 aromatic heterocycles. The van der Waals surface area contributed by atoms with E-state index in [-0.39, 0.29) is 16.8 Å². The highest BCUT2D eigenvalue weighted by Gasteiger charge is 2.17. The molecule has 156 valence electrons. The van der Waals surface area contributed by atoms with E-state index >= 15 is 0 Å². The Kier molecular flexibility index (Phi) is 5.50. The molecule has 0 aliphatic carbocycles. The van der Waals surface area contributed by atoms with Crippen molar-refractivity contribution < 1.29 is 9.59 Å². The minimum Gasteiger partial charge on any atom is -0.267 e. The first kappa shape index (κ1) is 20.3. The number of amides is 2. The molecule has 0 bridgehead atoms. The standard InChI is InChI=1S/C21H17ClN6O3/c1-2-27-21(31)17-6-4-3-5-16(17)18(26-27)20(30)25-24-19(29)13-11-23-28(12-13)15-9-7-14(22)8-10-15/h3-12H,2H2,1H3,(H,24,29)(H,25,30). The van der Waals surface area contributed by atoms with Crippen LogP contribution in [0.25, 0.3) is 16.5 Å². The highest BCUT2D eigenvalue weighted by molar-refractivity contribution is 6.30. The van der Waals surface area contributed by atoms with Crippen LogP contribution in [-0.4, -0.2) is 31.4 Å². The molecule has 31 heavy (non-hydrogen) atoms. The second-order valence-electron chi connectivity index (χ2n) is 6.57. The van der Waals surface area contributed by atoms with E-state index in [4.69, 9.17) is 11.6 Å². The molecule has 0 saturated heterocycles. The van der Waals surface area contributed by atoms with E-state index in [1.54, 1.807) is 55.5 Å². The van der Waals surface area contributed by atoms with Crippen molar-refractivity contribution in [2.24, 2.45) is 0 Å². The summed E-state index contributed by atoms with van der Waals surface area (Å²) >= 11 is 5.88. The van der Waals surface area contributed by atoms with Gasteiger partial charge >= 0.3 is 0 Å². The van der Waals surface area contributed by atoms with Gasteiger partial charge in [-0.2, -0.15) is 10.2 Å². The van der Waals surface area contributed by atoms with Gasteiger partial charge in [-0.1, -0.05) is 29.8 Å². The largest absolute Gasteiger partial charge is 0.290 e. The van der Waals surface area contributed by atoms with E-state index in [1.165, 1.54) is 21.8 Å². The lowest BCUT2D eigenvalue weighted by Crippen LogP contribution is -2.42. The molecule has 2 aromatic carbocycles. The quantitative estimate of drug-likeness (QED) is 0.477. The summed E-state index contributed by atoms with van der Waals surface area (Å²) in [4.78, 5) is 37.5. The number of benzene rings is 2. The molecule has 0 radical (unpaired) electrons. The number of nitrogens with one attached hydrogen (secondary N) is 2. The zero-order valence-corrected chi connectivity index (χ0v) is 17.1. The maximum atomic E-state index is 12.7. The number of aromatic nitrogens is 4. The van der Waals surface area contributed by atoms with Gasteiger partial charge in [0.2, 0.25) is 0 Å². The Morgan fingerprint density at radius 3 is 2.39 bits per heavy atom. The number of hydrogen-bond donors (Lipinski definition) is 2. The number of carbonyl (C=O) groups is 2. The summed E-state index contributed by atoms with van der Waals surface area (Å²) in [6, 6.07) is 13.6. The third-order valence-corrected chi connectivity index (χ3v) is 4.86. The Morgan fingerprint density at radius 1 is 1.00 bits per heavy atom. The third-order valence-electron chi connectivity index (χ3n) is 4.61. The first-order valence-corrected chi connectivity index (χ1v) is 9.77. The molecule has 0 saturated carbocycles. The lowest BCUT2D eigenvalue weighted by Gasteiger charge is -2.10. The SMILES string of the molecule is CCn1nc(C(=O)NNC(=O)c2cnn(-c3ccc(Cl)cc3)c2)c2ccccc2c1=O. The van der Waals surface area contributed by atoms with Crippen molar-refractivity contribution in [2.45, 2.75) is 13.5 Å². The highest BCUT2D eigenvalue weighted by atomic mass is 35.5. The van der Waals surface area contributed by atoms with Crippen molar-refractivity contribution in [3.05, 3.63) is 87.6 Å². The van der Waals surface area contributed by atoms with Gasteiger partial charge in [-0.3, -0.25) is 25.2 Å². The first-order chi connectivity index (χ1) is 15.0. The lowest BCUT2D eigenvalue weighted by atomic mass is 10.1. The zero-order chi connectivity index (χ0) is 22.0. The predicted molar refractivity (Wildman–Crippen MR) is 115 cm³/mol. The molecule has 9 nitrogen and oxygen atoms in total. The van der Waals surface area contributed by atoms with Crippen LogP contribution in [0.1, 0.15) is 27.8 Å². The van der Waals surface area contributed by atoms with Crippen molar-refractivity contribution in [3.8, 4) is 5.69 Å². The van der Waals surface area contributed by atoms with Crippen LogP contribution >= 0.6 is 11.6 Å². The molecule has 2 N–H and O–H groups in total. The third kappa shape index (κ3) is 4.03. The zero-order valence-electron chi connectivity index (χ0n) is 16.4. The summed E-state index contributed by atoms with van der Waals surface area (Å²) in [7, 11) is 0. The fourth-order valence-corrected chi connectivity index (χ4v) is 3.16. The van der Waals surface area contributed by atoms with Gasteiger partial charge in [-0.25, -0.2) is 9.36 Å². The summed E-state index contributed by atoms with van der Waals surface area (Å²) < 4.78 is 2.72. The van der Waals surface area contributed by atoms with Gasteiger partial charge in [-0.15, -0.1) is 0 Å². The number of halogens is 1. The second kappa shape index (κ2) is 8.41. The molecule has 2 heterocycles. The molecular formula is C21H17ClN6O3. The fraction of sp³-hybridized carbons (Fsp3) is 0.0952. The van der Waals surface area contributed by atoms with Crippen LogP contribution in [0, 0.1) is 0 Å². The molecule has 0 fully saturated rings. The van der Waals surface area contributed by atoms with Crippen molar-refractivity contribution in [3.63, 3.8) is 0 Å². The van der Waals surface area contributed by atoms with E-state index in [0.29, 0.717) is 22.3 Å². The van der Waals surface area contributed by atoms with Crippen LogP contribution in [0.2, 0.25) is 5.02 Å². The van der Waals surface area contributed by atoms with Gasteiger partial charge in [0.1, 0.15) is 0 Å². The van der Waals surface area contributed by atoms with Gasteiger partial charge in [-0.05, 0) is 37.3 Å². The van der Waals surface area contributed by atoms with Crippen molar-refractivity contribution in [1.82, 2.24) is 30.4 Å². The number of carbonyl (C=O) groups excluding carboxylic acids is 2. The van der Waals surface area contributed by atoms with Crippen molar-refractivity contribution >= 4 is 34.2 Å². The molecule has 10 heteroatoms. The minimum absolute atomic E-state index is 0.0363. The van der Waals surface area contributed by atoms with Gasteiger partial charge < -0.3 is 0 Å². The number of rotatable bonds is 4. The van der Waals surface area contributed by atoms with Gasteiger partial charge in [0.25, 0.3) is 17.4 Å². The Balaban J connectivity index is 1.52. The second-order valence-corrected chi connectivity index (χ2v) is 7.01. The molecule has 0 aliphatic rings. The molecule has 0 unspecified atom stereocenters. The van der Waals surface area contributed by atoms with Gasteiger partial charge in [0, 0.05) is 23.2 Å². The summed E-state index contributed by atoms with van der Waals surface area (Å²) in [6.45, 7) is 2.06. The van der Waals surface area contributed by atoms with Crippen molar-refractivity contribution in [2.75, 3.05) is 0 Å². The van der Waals surface area contributed by atoms with E-state index in [2.05, 4.69) is 21.0 Å². The van der Waals surface area contributed by atoms with E-state index in [9.17, 15) is 14.4 Å². The van der Waals surface area contributed by atoms with E-state index in [0.717, 1.165) is 5.69 Å². The normalized spacial score (nSPS) is 10.8. The van der Waals surface area contributed by atoms with Crippen molar-refractivity contribution in [1.29, 1.82) is 0 Å². The lowest BCUT2D eigenvalue weighted by molar-refractivity contribution is 0.0843. The topological polar surface area (TPSA) is 111 Å². The monoisotopic (exact) mass is 436 g/mol. The predicted octanol–water partition coefficient (Wildman–Crippen LogP) is 2.33. The molecule has 4 rings (SSSR count). The maximum Gasteiger partial charge on any atom is 0.290 e. The van der Waals surface area contributed by atoms with E-state index < -0.39 is 11.8 Å². The molecule has 0 spiro atoms. The highest BCUT2D eigenvalue weighted by Crippen LogP contribution is 2.14. The molecule has 0 aliphatic heterocycles. The average Bonchev–Trinajstić information content (AvgIpc) is 3.28.